The molecule has 34 heavy (non-hydrogen) atoms. The standard InChI is InChI=1S/C23H29N3O8/c1-3-33-15-34-14-19(24-22(27)17-7-9-20(10-8-17)26(30)31)13-18(23(28)25-29)11-16-5-4-6-21(12-16)32-2/h4-10,12,18-19,29H,3,11,13-15H2,1-2H3,(H,24,27)(H,25,28)/t18-,19-/m0/s1. The van der Waals surface area contributed by atoms with Gasteiger partial charge in [-0.3, -0.25) is 24.9 Å². The zero-order valence-electron chi connectivity index (χ0n) is 19.1. The first-order chi connectivity index (χ1) is 16.4. The molecule has 2 aromatic carbocycles. The second-order valence-electron chi connectivity index (χ2n) is 7.42. The molecule has 2 atom stereocenters. The van der Waals surface area contributed by atoms with Crippen LogP contribution in [0.1, 0.15) is 29.3 Å². The minimum Gasteiger partial charge on any atom is -0.497 e. The molecule has 0 aliphatic rings. The average molecular weight is 475 g/mol. The smallest absolute Gasteiger partial charge is 0.269 e. The zero-order valence-corrected chi connectivity index (χ0v) is 19.1. The number of methoxy groups -OCH3 is 1. The highest BCUT2D eigenvalue weighted by Crippen LogP contribution is 2.20. The van der Waals surface area contributed by atoms with Crippen LogP contribution in [0.3, 0.4) is 0 Å². The summed E-state index contributed by atoms with van der Waals surface area (Å²) in [7, 11) is 1.54. The Morgan fingerprint density at radius 1 is 1.15 bits per heavy atom. The van der Waals surface area contributed by atoms with E-state index in [2.05, 4.69) is 5.32 Å². The van der Waals surface area contributed by atoms with Crippen LogP contribution in [0.15, 0.2) is 48.5 Å². The summed E-state index contributed by atoms with van der Waals surface area (Å²) >= 11 is 0. The quantitative estimate of drug-likeness (QED) is 0.124. The van der Waals surface area contributed by atoms with E-state index >= 15 is 0 Å². The maximum atomic E-state index is 12.8. The van der Waals surface area contributed by atoms with Gasteiger partial charge in [-0.05, 0) is 49.6 Å². The first-order valence-corrected chi connectivity index (χ1v) is 10.7. The molecule has 2 amide bonds. The fourth-order valence-electron chi connectivity index (χ4n) is 3.31. The number of hydroxylamine groups is 1. The summed E-state index contributed by atoms with van der Waals surface area (Å²) < 4.78 is 15.9. The van der Waals surface area contributed by atoms with Crippen LogP contribution in [0.5, 0.6) is 5.75 Å². The number of nitro benzene ring substituents is 1. The number of nitro groups is 1. The number of non-ortho nitro benzene ring substituents is 1. The fourth-order valence-corrected chi connectivity index (χ4v) is 3.31. The van der Waals surface area contributed by atoms with Gasteiger partial charge in [-0.25, -0.2) is 5.48 Å². The maximum absolute atomic E-state index is 12.8. The predicted octanol–water partition coefficient (Wildman–Crippen LogP) is 2.47. The van der Waals surface area contributed by atoms with Gasteiger partial charge in [-0.15, -0.1) is 0 Å². The van der Waals surface area contributed by atoms with Crippen molar-refractivity contribution >= 4 is 17.5 Å². The Morgan fingerprint density at radius 3 is 2.50 bits per heavy atom. The predicted molar refractivity (Wildman–Crippen MR) is 122 cm³/mol. The highest BCUT2D eigenvalue weighted by molar-refractivity contribution is 5.94. The molecule has 0 saturated heterocycles. The number of nitrogens with zero attached hydrogens (tertiary/aromatic N) is 1. The van der Waals surface area contributed by atoms with Crippen LogP contribution in [0.2, 0.25) is 0 Å². The molecule has 0 radical (unpaired) electrons. The van der Waals surface area contributed by atoms with Crippen LogP contribution in [-0.4, -0.2) is 55.1 Å². The summed E-state index contributed by atoms with van der Waals surface area (Å²) in [5, 5.41) is 22.9. The first kappa shape index (κ1) is 26.7. The van der Waals surface area contributed by atoms with E-state index in [0.29, 0.717) is 12.4 Å². The molecule has 184 valence electrons. The Labute approximate surface area is 197 Å². The Hall–Kier alpha value is -3.54. The largest absolute Gasteiger partial charge is 0.497 e. The summed E-state index contributed by atoms with van der Waals surface area (Å²) in [5.74, 6) is -1.16. The molecule has 0 fully saturated rings. The van der Waals surface area contributed by atoms with Crippen LogP contribution in [-0.2, 0) is 20.7 Å². The maximum Gasteiger partial charge on any atom is 0.269 e. The number of hydrogen-bond donors (Lipinski definition) is 3. The van der Waals surface area contributed by atoms with Crippen LogP contribution in [0.25, 0.3) is 0 Å². The summed E-state index contributed by atoms with van der Waals surface area (Å²) in [6, 6.07) is 11.7. The van der Waals surface area contributed by atoms with E-state index in [0.717, 1.165) is 5.56 Å². The van der Waals surface area contributed by atoms with Gasteiger partial charge < -0.3 is 19.5 Å². The van der Waals surface area contributed by atoms with Gasteiger partial charge in [0.05, 0.1) is 24.7 Å². The normalized spacial score (nSPS) is 12.4. The van der Waals surface area contributed by atoms with E-state index in [9.17, 15) is 24.9 Å². The second kappa shape index (κ2) is 13.9. The molecule has 2 rings (SSSR count). The molecule has 0 heterocycles. The highest BCUT2D eigenvalue weighted by atomic mass is 16.7. The van der Waals surface area contributed by atoms with Crippen molar-refractivity contribution in [2.75, 3.05) is 27.1 Å². The lowest BCUT2D eigenvalue weighted by Crippen LogP contribution is -2.42. The van der Waals surface area contributed by atoms with Crippen molar-refractivity contribution in [2.45, 2.75) is 25.8 Å². The van der Waals surface area contributed by atoms with E-state index < -0.39 is 28.7 Å². The monoisotopic (exact) mass is 475 g/mol. The molecule has 0 bridgehead atoms. The first-order valence-electron chi connectivity index (χ1n) is 10.7. The van der Waals surface area contributed by atoms with Crippen LogP contribution in [0.4, 0.5) is 5.69 Å². The third kappa shape index (κ3) is 8.43. The summed E-state index contributed by atoms with van der Waals surface area (Å²) in [6.45, 7) is 2.32. The Balaban J connectivity index is 2.16. The van der Waals surface area contributed by atoms with Crippen LogP contribution < -0.4 is 15.5 Å². The van der Waals surface area contributed by atoms with Gasteiger partial charge in [0.1, 0.15) is 12.5 Å². The summed E-state index contributed by atoms with van der Waals surface area (Å²) in [4.78, 5) is 35.5. The van der Waals surface area contributed by atoms with E-state index in [4.69, 9.17) is 14.2 Å². The van der Waals surface area contributed by atoms with E-state index in [-0.39, 0.29) is 37.5 Å². The van der Waals surface area contributed by atoms with Gasteiger partial charge >= 0.3 is 0 Å². The Kier molecular flexibility index (Phi) is 10.9. The van der Waals surface area contributed by atoms with E-state index in [1.54, 1.807) is 23.7 Å². The number of carbonyl (C=O) groups excluding carboxylic acids is 2. The highest BCUT2D eigenvalue weighted by Gasteiger charge is 2.25. The minimum absolute atomic E-state index is 0.00709. The fraction of sp³-hybridized carbons (Fsp3) is 0.391. The van der Waals surface area contributed by atoms with Crippen molar-refractivity contribution < 1.29 is 33.9 Å². The number of amides is 2. The van der Waals surface area contributed by atoms with Gasteiger partial charge in [-0.1, -0.05) is 12.1 Å². The minimum atomic E-state index is -0.699. The third-order valence-corrected chi connectivity index (χ3v) is 5.03. The Bertz CT molecular complexity index is 951. The lowest BCUT2D eigenvalue weighted by molar-refractivity contribution is -0.384. The third-order valence-electron chi connectivity index (χ3n) is 5.03. The van der Waals surface area contributed by atoms with Gasteiger partial charge in [0.2, 0.25) is 5.91 Å². The van der Waals surface area contributed by atoms with Gasteiger partial charge in [0.25, 0.3) is 11.6 Å². The molecule has 3 N–H and O–H groups in total. The molecular weight excluding hydrogens is 446 g/mol. The topological polar surface area (TPSA) is 149 Å². The van der Waals surface area contributed by atoms with Crippen molar-refractivity contribution in [3.05, 3.63) is 69.8 Å². The number of carbonyl (C=O) groups is 2. The van der Waals surface area contributed by atoms with Crippen LogP contribution in [0, 0.1) is 16.0 Å². The number of ether oxygens (including phenoxy) is 3. The molecule has 0 saturated carbocycles. The van der Waals surface area contributed by atoms with Crippen molar-refractivity contribution in [1.29, 1.82) is 0 Å². The molecule has 0 aliphatic heterocycles. The molecule has 11 nitrogen and oxygen atoms in total. The summed E-state index contributed by atoms with van der Waals surface area (Å²) in [5.41, 5.74) is 2.58. The molecular formula is C23H29N3O8. The molecule has 0 aromatic heterocycles. The van der Waals surface area contributed by atoms with Gasteiger partial charge in [0, 0.05) is 30.2 Å². The average Bonchev–Trinajstić information content (AvgIpc) is 2.85. The number of nitrogens with one attached hydrogen (secondary N) is 2. The molecule has 0 aliphatic carbocycles. The molecule has 2 aromatic rings. The van der Waals surface area contributed by atoms with E-state index in [1.807, 2.05) is 13.0 Å². The SMILES string of the molecule is CCOCOC[C@H](C[C@H](Cc1cccc(OC)c1)C(=O)NO)NC(=O)c1ccc([N+](=O)[O-])cc1. The number of rotatable bonds is 14. The molecule has 0 spiro atoms. The summed E-state index contributed by atoms with van der Waals surface area (Å²) in [6.07, 6.45) is 0.424. The van der Waals surface area contributed by atoms with Crippen molar-refractivity contribution in [1.82, 2.24) is 10.8 Å². The number of hydrogen-bond acceptors (Lipinski definition) is 8. The van der Waals surface area contributed by atoms with Crippen molar-refractivity contribution in [2.24, 2.45) is 5.92 Å². The second-order valence-corrected chi connectivity index (χ2v) is 7.42. The Morgan fingerprint density at radius 2 is 1.88 bits per heavy atom. The van der Waals surface area contributed by atoms with E-state index in [1.165, 1.54) is 31.4 Å². The number of benzene rings is 2. The molecule has 0 unspecified atom stereocenters. The van der Waals surface area contributed by atoms with Crippen molar-refractivity contribution in [3.63, 3.8) is 0 Å². The zero-order chi connectivity index (χ0) is 24.9. The van der Waals surface area contributed by atoms with Gasteiger partial charge in [-0.2, -0.15) is 0 Å². The lowest BCUT2D eigenvalue weighted by atomic mass is 9.92. The van der Waals surface area contributed by atoms with Crippen molar-refractivity contribution in [3.8, 4) is 5.75 Å². The molecule has 11 heteroatoms. The van der Waals surface area contributed by atoms with Crippen LogP contribution >= 0.6 is 0 Å². The lowest BCUT2D eigenvalue weighted by Gasteiger charge is -2.24. The van der Waals surface area contributed by atoms with Gasteiger partial charge in [0.15, 0.2) is 0 Å².